The number of rotatable bonds is 6. The van der Waals surface area contributed by atoms with Crippen molar-refractivity contribution in [3.63, 3.8) is 0 Å². The van der Waals surface area contributed by atoms with Crippen molar-refractivity contribution >= 4 is 0 Å². The highest BCUT2D eigenvalue weighted by molar-refractivity contribution is 4.91. The van der Waals surface area contributed by atoms with Crippen molar-refractivity contribution < 1.29 is 0 Å². The third kappa shape index (κ3) is 3.32. The van der Waals surface area contributed by atoms with Crippen LogP contribution in [-0.2, 0) is 0 Å². The van der Waals surface area contributed by atoms with Crippen molar-refractivity contribution in [2.45, 2.75) is 44.6 Å². The van der Waals surface area contributed by atoms with Crippen LogP contribution in [0.3, 0.4) is 0 Å². The Morgan fingerprint density at radius 2 is 2.29 bits per heavy atom. The second-order valence-corrected chi connectivity index (χ2v) is 4.65. The van der Waals surface area contributed by atoms with Crippen molar-refractivity contribution in [1.82, 2.24) is 5.32 Å². The summed E-state index contributed by atoms with van der Waals surface area (Å²) in [7, 11) is 0. The van der Waals surface area contributed by atoms with E-state index in [1.807, 2.05) is 0 Å². The Kier molecular flexibility index (Phi) is 4.44. The molecule has 0 aromatic heterocycles. The van der Waals surface area contributed by atoms with Crippen LogP contribution in [0.4, 0.5) is 0 Å². The lowest BCUT2D eigenvalue weighted by atomic mass is 9.76. The molecule has 80 valence electrons. The van der Waals surface area contributed by atoms with Crippen LogP contribution in [0.1, 0.15) is 39.0 Å². The topological polar surface area (TPSA) is 38.0 Å². The van der Waals surface area contributed by atoms with Crippen molar-refractivity contribution in [2.75, 3.05) is 13.1 Å². The Hall–Kier alpha value is -0.520. The van der Waals surface area contributed by atoms with Crippen LogP contribution in [-0.4, -0.2) is 18.6 Å². The molecule has 0 bridgehead atoms. The van der Waals surface area contributed by atoms with Gasteiger partial charge in [0.1, 0.15) is 0 Å². The highest BCUT2D eigenvalue weighted by Gasteiger charge is 2.29. The summed E-state index contributed by atoms with van der Waals surface area (Å²) in [6.07, 6.45) is 11.4. The fourth-order valence-corrected chi connectivity index (χ4v) is 2.00. The van der Waals surface area contributed by atoms with E-state index in [0.29, 0.717) is 6.54 Å². The first-order valence-electron chi connectivity index (χ1n) is 5.59. The normalized spacial score (nSPS) is 20.9. The fourth-order valence-electron chi connectivity index (χ4n) is 2.00. The molecular weight excluding hydrogens is 172 g/mol. The summed E-state index contributed by atoms with van der Waals surface area (Å²) in [6.45, 7) is 3.80. The number of hydrogen-bond acceptors (Lipinski definition) is 2. The zero-order valence-corrected chi connectivity index (χ0v) is 9.18. The second-order valence-electron chi connectivity index (χ2n) is 4.65. The lowest BCUT2D eigenvalue weighted by Gasteiger charge is -2.37. The van der Waals surface area contributed by atoms with Gasteiger partial charge < -0.3 is 11.1 Å². The first-order valence-corrected chi connectivity index (χ1v) is 5.59. The molecule has 2 nitrogen and oxygen atoms in total. The average molecular weight is 194 g/mol. The summed E-state index contributed by atoms with van der Waals surface area (Å²) in [6, 6.07) is 0. The van der Waals surface area contributed by atoms with Crippen LogP contribution in [0.2, 0.25) is 0 Å². The van der Waals surface area contributed by atoms with Crippen molar-refractivity contribution in [2.24, 2.45) is 11.7 Å². The van der Waals surface area contributed by atoms with E-state index in [9.17, 15) is 0 Å². The summed E-state index contributed by atoms with van der Waals surface area (Å²) in [5.41, 5.74) is 5.90. The van der Waals surface area contributed by atoms with E-state index in [-0.39, 0.29) is 5.54 Å². The Bertz CT molecular complexity index is 203. The van der Waals surface area contributed by atoms with Gasteiger partial charge in [-0.05, 0) is 19.3 Å². The van der Waals surface area contributed by atoms with Gasteiger partial charge in [-0.15, -0.1) is 12.3 Å². The van der Waals surface area contributed by atoms with E-state index in [4.69, 9.17) is 12.2 Å². The Morgan fingerprint density at radius 1 is 1.57 bits per heavy atom. The Balaban J connectivity index is 2.27. The maximum absolute atomic E-state index is 5.80. The largest absolute Gasteiger partial charge is 0.329 e. The van der Waals surface area contributed by atoms with E-state index < -0.39 is 0 Å². The molecule has 0 spiro atoms. The van der Waals surface area contributed by atoms with Gasteiger partial charge in [0.25, 0.3) is 0 Å². The molecule has 3 N–H and O–H groups in total. The van der Waals surface area contributed by atoms with Crippen molar-refractivity contribution in [3.05, 3.63) is 0 Å². The van der Waals surface area contributed by atoms with Crippen molar-refractivity contribution in [1.29, 1.82) is 0 Å². The summed E-state index contributed by atoms with van der Waals surface area (Å²) >= 11 is 0. The Labute approximate surface area is 87.6 Å². The SMILES string of the molecule is C#CCCNC(C)(CN)CC1CCC1. The number of nitrogens with two attached hydrogens (primary N) is 1. The third-order valence-electron chi connectivity index (χ3n) is 3.24. The summed E-state index contributed by atoms with van der Waals surface area (Å²) in [4.78, 5) is 0. The predicted octanol–water partition coefficient (Wildman–Crippen LogP) is 1.51. The molecule has 14 heavy (non-hydrogen) atoms. The molecule has 0 radical (unpaired) electrons. The molecule has 0 aliphatic heterocycles. The molecule has 1 aliphatic rings. The maximum Gasteiger partial charge on any atom is 0.0278 e. The summed E-state index contributed by atoms with van der Waals surface area (Å²) in [5, 5.41) is 3.48. The van der Waals surface area contributed by atoms with Gasteiger partial charge in [-0.3, -0.25) is 0 Å². The van der Waals surface area contributed by atoms with Gasteiger partial charge in [0.15, 0.2) is 0 Å². The van der Waals surface area contributed by atoms with E-state index in [1.165, 1.54) is 25.7 Å². The van der Waals surface area contributed by atoms with Gasteiger partial charge in [-0.2, -0.15) is 0 Å². The highest BCUT2D eigenvalue weighted by atomic mass is 15.0. The lowest BCUT2D eigenvalue weighted by Crippen LogP contribution is -2.50. The van der Waals surface area contributed by atoms with Gasteiger partial charge in [-0.1, -0.05) is 19.3 Å². The van der Waals surface area contributed by atoms with Crippen LogP contribution in [0, 0.1) is 18.3 Å². The van der Waals surface area contributed by atoms with Gasteiger partial charge in [0, 0.05) is 25.0 Å². The first kappa shape index (κ1) is 11.6. The molecule has 1 rings (SSSR count). The van der Waals surface area contributed by atoms with E-state index in [0.717, 1.165) is 18.9 Å². The van der Waals surface area contributed by atoms with Gasteiger partial charge in [-0.25, -0.2) is 0 Å². The quantitative estimate of drug-likeness (QED) is 0.497. The molecule has 0 amide bonds. The molecule has 1 unspecified atom stereocenters. The smallest absolute Gasteiger partial charge is 0.0278 e. The van der Waals surface area contributed by atoms with Gasteiger partial charge >= 0.3 is 0 Å². The predicted molar refractivity (Wildman–Crippen MR) is 60.9 cm³/mol. The molecule has 0 aromatic carbocycles. The average Bonchev–Trinajstić information content (AvgIpc) is 2.12. The second kappa shape index (κ2) is 5.38. The monoisotopic (exact) mass is 194 g/mol. The van der Waals surface area contributed by atoms with Gasteiger partial charge in [0.05, 0.1) is 0 Å². The minimum Gasteiger partial charge on any atom is -0.329 e. The number of nitrogens with one attached hydrogen (secondary N) is 1. The lowest BCUT2D eigenvalue weighted by molar-refractivity contribution is 0.209. The molecule has 1 aliphatic carbocycles. The maximum atomic E-state index is 5.80. The minimum atomic E-state index is 0.0991. The van der Waals surface area contributed by atoms with Crippen LogP contribution in [0.15, 0.2) is 0 Å². The molecule has 0 heterocycles. The van der Waals surface area contributed by atoms with Crippen LogP contribution < -0.4 is 11.1 Å². The Morgan fingerprint density at radius 3 is 2.71 bits per heavy atom. The molecule has 2 heteroatoms. The minimum absolute atomic E-state index is 0.0991. The van der Waals surface area contributed by atoms with Crippen LogP contribution >= 0.6 is 0 Å². The molecular formula is C12H22N2. The first-order chi connectivity index (χ1) is 6.70. The highest BCUT2D eigenvalue weighted by Crippen LogP contribution is 2.33. The van der Waals surface area contributed by atoms with Crippen LogP contribution in [0.5, 0.6) is 0 Å². The van der Waals surface area contributed by atoms with Gasteiger partial charge in [0.2, 0.25) is 0 Å². The van der Waals surface area contributed by atoms with E-state index in [2.05, 4.69) is 18.2 Å². The van der Waals surface area contributed by atoms with Crippen LogP contribution in [0.25, 0.3) is 0 Å². The number of hydrogen-bond donors (Lipinski definition) is 2. The van der Waals surface area contributed by atoms with E-state index >= 15 is 0 Å². The number of terminal acetylenes is 1. The molecule has 1 fully saturated rings. The fraction of sp³-hybridized carbons (Fsp3) is 0.833. The third-order valence-corrected chi connectivity index (χ3v) is 3.24. The molecule has 1 saturated carbocycles. The molecule has 0 aromatic rings. The molecule has 0 saturated heterocycles. The van der Waals surface area contributed by atoms with Crippen molar-refractivity contribution in [3.8, 4) is 12.3 Å². The van der Waals surface area contributed by atoms with E-state index in [1.54, 1.807) is 0 Å². The zero-order chi connectivity index (χ0) is 10.4. The molecule has 1 atom stereocenters. The standard InChI is InChI=1S/C12H22N2/c1-3-4-8-14-12(2,10-13)9-11-6-5-7-11/h1,11,14H,4-10,13H2,2H3. The summed E-state index contributed by atoms with van der Waals surface area (Å²) in [5.74, 6) is 3.53. The zero-order valence-electron chi connectivity index (χ0n) is 9.18. The summed E-state index contributed by atoms with van der Waals surface area (Å²) < 4.78 is 0.